The molecule has 2 heterocycles. The second-order valence-corrected chi connectivity index (χ2v) is 9.29. The summed E-state index contributed by atoms with van der Waals surface area (Å²) in [7, 11) is 3.48. The van der Waals surface area contributed by atoms with Gasteiger partial charge in [-0.15, -0.1) is 11.3 Å². The lowest BCUT2D eigenvalue weighted by molar-refractivity contribution is -0.127. The van der Waals surface area contributed by atoms with Gasteiger partial charge in [-0.3, -0.25) is 14.2 Å². The highest BCUT2D eigenvalue weighted by atomic mass is 32.2. The molecule has 1 atom stereocenters. The van der Waals surface area contributed by atoms with E-state index in [4.69, 9.17) is 4.98 Å². The van der Waals surface area contributed by atoms with Crippen LogP contribution in [0.25, 0.3) is 15.9 Å². The number of nitrogens with zero attached hydrogens (tertiary/aromatic N) is 3. The number of carbonyl (C=O) groups is 1. The van der Waals surface area contributed by atoms with Crippen LogP contribution in [0.15, 0.2) is 40.3 Å². The molecule has 3 aromatic rings. The molecule has 7 heteroatoms. The van der Waals surface area contributed by atoms with Crippen molar-refractivity contribution in [1.29, 1.82) is 0 Å². The molecule has 140 valence electrons. The Hall–Kier alpha value is -2.12. The first-order valence-electron chi connectivity index (χ1n) is 8.98. The van der Waals surface area contributed by atoms with Crippen LogP contribution in [-0.2, 0) is 17.6 Å². The fraction of sp³-hybridized carbons (Fsp3) is 0.350. The molecule has 0 aliphatic heterocycles. The summed E-state index contributed by atoms with van der Waals surface area (Å²) in [5.41, 5.74) is 1.92. The minimum absolute atomic E-state index is 0.00244. The zero-order chi connectivity index (χ0) is 19.1. The van der Waals surface area contributed by atoms with Crippen LogP contribution in [0.1, 0.15) is 23.8 Å². The van der Waals surface area contributed by atoms with Gasteiger partial charge in [-0.05, 0) is 43.9 Å². The molecule has 0 unspecified atom stereocenters. The van der Waals surface area contributed by atoms with E-state index in [1.54, 1.807) is 34.9 Å². The quantitative estimate of drug-likeness (QED) is 0.498. The second kappa shape index (κ2) is 7.13. The fourth-order valence-corrected chi connectivity index (χ4v) is 5.86. The molecule has 0 spiro atoms. The van der Waals surface area contributed by atoms with Crippen LogP contribution in [0, 0.1) is 0 Å². The van der Waals surface area contributed by atoms with Gasteiger partial charge in [0.05, 0.1) is 16.3 Å². The molecule has 1 amide bonds. The number of para-hydroxylation sites is 1. The first kappa shape index (κ1) is 18.3. The molecule has 0 fully saturated rings. The molecule has 0 N–H and O–H groups in total. The zero-order valence-corrected chi connectivity index (χ0v) is 17.2. The lowest BCUT2D eigenvalue weighted by Crippen LogP contribution is -2.30. The number of fused-ring (bicyclic) bond motifs is 3. The van der Waals surface area contributed by atoms with Gasteiger partial charge < -0.3 is 4.90 Å². The number of rotatable bonds is 4. The Bertz CT molecular complexity index is 1070. The third kappa shape index (κ3) is 3.19. The number of thiophene rings is 1. The Morgan fingerprint density at radius 3 is 2.70 bits per heavy atom. The largest absolute Gasteiger partial charge is 0.348 e. The molecule has 0 bridgehead atoms. The fourth-order valence-electron chi connectivity index (χ4n) is 3.48. The summed E-state index contributed by atoms with van der Waals surface area (Å²) >= 11 is 2.97. The van der Waals surface area contributed by atoms with E-state index < -0.39 is 0 Å². The van der Waals surface area contributed by atoms with Gasteiger partial charge in [0.15, 0.2) is 5.16 Å². The Labute approximate surface area is 166 Å². The topological polar surface area (TPSA) is 55.2 Å². The maximum absolute atomic E-state index is 13.5. The lowest BCUT2D eigenvalue weighted by Gasteiger charge is -2.18. The van der Waals surface area contributed by atoms with E-state index in [0.717, 1.165) is 35.2 Å². The van der Waals surface area contributed by atoms with Crippen molar-refractivity contribution in [3.8, 4) is 5.69 Å². The second-order valence-electron chi connectivity index (χ2n) is 6.90. The molecule has 2 aromatic heterocycles. The summed E-state index contributed by atoms with van der Waals surface area (Å²) in [5, 5.41) is 1.000. The van der Waals surface area contributed by atoms with Gasteiger partial charge in [-0.2, -0.15) is 0 Å². The molecule has 4 rings (SSSR count). The number of aryl methyl sites for hydroxylation is 2. The molecule has 1 aromatic carbocycles. The summed E-state index contributed by atoms with van der Waals surface area (Å²) in [6, 6.07) is 9.56. The first-order chi connectivity index (χ1) is 13.0. The molecule has 0 saturated heterocycles. The SMILES string of the molecule is C[C@H](Sc1nc2sc3c(c2c(=O)n1-c1ccccc1)CCC3)C(=O)N(C)C. The van der Waals surface area contributed by atoms with E-state index in [-0.39, 0.29) is 16.7 Å². The highest BCUT2D eigenvalue weighted by Crippen LogP contribution is 2.36. The summed E-state index contributed by atoms with van der Waals surface area (Å²) in [6.45, 7) is 1.85. The average molecular weight is 400 g/mol. The zero-order valence-electron chi connectivity index (χ0n) is 15.6. The van der Waals surface area contributed by atoms with Gasteiger partial charge in [-0.1, -0.05) is 30.0 Å². The van der Waals surface area contributed by atoms with Gasteiger partial charge in [0.25, 0.3) is 5.56 Å². The van der Waals surface area contributed by atoms with E-state index in [0.29, 0.717) is 5.16 Å². The molecule has 0 saturated carbocycles. The van der Waals surface area contributed by atoms with Crippen molar-refractivity contribution >= 4 is 39.2 Å². The number of carbonyl (C=O) groups excluding carboxylic acids is 1. The van der Waals surface area contributed by atoms with Crippen molar-refractivity contribution in [2.75, 3.05) is 14.1 Å². The van der Waals surface area contributed by atoms with Crippen LogP contribution in [0.5, 0.6) is 0 Å². The monoisotopic (exact) mass is 399 g/mol. The molecule has 5 nitrogen and oxygen atoms in total. The number of benzene rings is 1. The van der Waals surface area contributed by atoms with Crippen LogP contribution in [-0.4, -0.2) is 39.7 Å². The van der Waals surface area contributed by atoms with E-state index >= 15 is 0 Å². The third-order valence-electron chi connectivity index (χ3n) is 4.79. The van der Waals surface area contributed by atoms with Crippen LogP contribution >= 0.6 is 23.1 Å². The van der Waals surface area contributed by atoms with E-state index in [9.17, 15) is 9.59 Å². The van der Waals surface area contributed by atoms with Gasteiger partial charge >= 0.3 is 0 Å². The number of aromatic nitrogens is 2. The van der Waals surface area contributed by atoms with Crippen molar-refractivity contribution < 1.29 is 4.79 Å². The van der Waals surface area contributed by atoms with E-state index in [1.165, 1.54) is 22.2 Å². The lowest BCUT2D eigenvalue weighted by atomic mass is 10.2. The van der Waals surface area contributed by atoms with Crippen molar-refractivity contribution in [2.45, 2.75) is 36.6 Å². The Morgan fingerprint density at radius 1 is 1.26 bits per heavy atom. The molecule has 27 heavy (non-hydrogen) atoms. The van der Waals surface area contributed by atoms with Crippen LogP contribution in [0.2, 0.25) is 0 Å². The van der Waals surface area contributed by atoms with Crippen molar-refractivity contribution in [1.82, 2.24) is 14.5 Å². The summed E-state index contributed by atoms with van der Waals surface area (Å²) < 4.78 is 1.66. The summed E-state index contributed by atoms with van der Waals surface area (Å²) in [4.78, 5) is 34.3. The average Bonchev–Trinajstić information content (AvgIpc) is 3.22. The van der Waals surface area contributed by atoms with Gasteiger partial charge in [-0.25, -0.2) is 4.98 Å². The number of hydrogen-bond acceptors (Lipinski definition) is 5. The smallest absolute Gasteiger partial charge is 0.267 e. The maximum atomic E-state index is 13.5. The standard InChI is InChI=1S/C20H21N3O2S2/c1-12(18(24)22(2)3)26-20-21-17-16(14-10-7-11-15(14)27-17)19(25)23(20)13-8-5-4-6-9-13/h4-6,8-9,12H,7,10-11H2,1-3H3/t12-/m0/s1. The highest BCUT2D eigenvalue weighted by Gasteiger charge is 2.26. The van der Waals surface area contributed by atoms with E-state index in [2.05, 4.69) is 0 Å². The third-order valence-corrected chi connectivity index (χ3v) is 7.02. The van der Waals surface area contributed by atoms with Gasteiger partial charge in [0.2, 0.25) is 5.91 Å². The van der Waals surface area contributed by atoms with E-state index in [1.807, 2.05) is 37.3 Å². The Kier molecular flexibility index (Phi) is 4.82. The Morgan fingerprint density at radius 2 is 2.00 bits per heavy atom. The number of hydrogen-bond donors (Lipinski definition) is 0. The van der Waals surface area contributed by atoms with Crippen LogP contribution < -0.4 is 5.56 Å². The minimum atomic E-state index is -0.328. The molecular weight excluding hydrogens is 378 g/mol. The predicted molar refractivity (Wildman–Crippen MR) is 111 cm³/mol. The number of amides is 1. The normalized spacial score (nSPS) is 14.3. The maximum Gasteiger partial charge on any atom is 0.267 e. The summed E-state index contributed by atoms with van der Waals surface area (Å²) in [5.74, 6) is 0.00244. The predicted octanol–water partition coefficient (Wildman–Crippen LogP) is 3.50. The van der Waals surface area contributed by atoms with Gasteiger partial charge in [0, 0.05) is 19.0 Å². The van der Waals surface area contributed by atoms with Crippen LogP contribution in [0.3, 0.4) is 0 Å². The van der Waals surface area contributed by atoms with Gasteiger partial charge in [0.1, 0.15) is 4.83 Å². The number of thioether (sulfide) groups is 1. The minimum Gasteiger partial charge on any atom is -0.348 e. The first-order valence-corrected chi connectivity index (χ1v) is 10.7. The van der Waals surface area contributed by atoms with Crippen molar-refractivity contribution in [3.63, 3.8) is 0 Å². The highest BCUT2D eigenvalue weighted by molar-refractivity contribution is 8.00. The Balaban J connectivity index is 1.92. The van der Waals surface area contributed by atoms with Crippen LogP contribution in [0.4, 0.5) is 0 Å². The molecule has 1 aliphatic rings. The molecular formula is C20H21N3O2S2. The molecule has 1 aliphatic carbocycles. The van der Waals surface area contributed by atoms with Crippen molar-refractivity contribution in [3.05, 3.63) is 51.1 Å². The summed E-state index contributed by atoms with van der Waals surface area (Å²) in [6.07, 6.45) is 3.08. The van der Waals surface area contributed by atoms with Crippen molar-refractivity contribution in [2.24, 2.45) is 0 Å². The molecule has 0 radical (unpaired) electrons.